The molecule has 0 aliphatic rings. The van der Waals surface area contributed by atoms with E-state index in [-0.39, 0.29) is 0 Å². The number of allylic oxidation sites excluding steroid dienone is 1. The van der Waals surface area contributed by atoms with Gasteiger partial charge in [-0.15, -0.1) is 6.58 Å². The van der Waals surface area contributed by atoms with Crippen LogP contribution in [-0.4, -0.2) is 15.4 Å². The molecule has 16 heavy (non-hydrogen) atoms. The third kappa shape index (κ3) is 4.11. The summed E-state index contributed by atoms with van der Waals surface area (Å²) in [5.74, 6) is 0.891. The molecule has 3 heteroatoms. The number of hydrogen-bond acceptors (Lipinski definition) is 2. The van der Waals surface area contributed by atoms with Crippen molar-refractivity contribution in [2.45, 2.75) is 25.1 Å². The lowest BCUT2D eigenvalue weighted by Crippen LogP contribution is -2.13. The van der Waals surface area contributed by atoms with Gasteiger partial charge >= 0.3 is 0 Å². The Balaban J connectivity index is 2.35. The van der Waals surface area contributed by atoms with E-state index in [0.29, 0.717) is 5.54 Å². The fraction of sp³-hybridized carbons (Fsp3) is 0.385. The minimum absolute atomic E-state index is 0.637. The van der Waals surface area contributed by atoms with Crippen molar-refractivity contribution in [1.82, 2.24) is 0 Å². The summed E-state index contributed by atoms with van der Waals surface area (Å²) in [6, 6.07) is 7.53. The van der Waals surface area contributed by atoms with Crippen LogP contribution in [0.15, 0.2) is 36.9 Å². The zero-order chi connectivity index (χ0) is 12.0. The van der Waals surface area contributed by atoms with Crippen LogP contribution in [0.1, 0.15) is 6.42 Å². The van der Waals surface area contributed by atoms with Crippen LogP contribution in [0, 0.1) is 0 Å². The van der Waals surface area contributed by atoms with Crippen molar-refractivity contribution in [3.63, 3.8) is 0 Å². The van der Waals surface area contributed by atoms with Crippen LogP contribution in [0.4, 0.5) is 5.69 Å². The Morgan fingerprint density at radius 2 is 2.00 bits per heavy atom. The highest BCUT2D eigenvalue weighted by atomic mass is 28.3. The van der Waals surface area contributed by atoms with Crippen molar-refractivity contribution in [2.75, 3.05) is 12.3 Å². The Bertz CT molecular complexity index is 321. The Morgan fingerprint density at radius 3 is 2.50 bits per heavy atom. The standard InChI is InChI=1S/C13H21NOSi/c1-4-13(16(2)3)9-10-15-12-7-5-11(14)6-8-12/h4-8,13,16H,1,9-10,14H2,2-3H3. The second kappa shape index (κ2) is 6.38. The number of hydrogen-bond donors (Lipinski definition) is 1. The summed E-state index contributed by atoms with van der Waals surface area (Å²) in [4.78, 5) is 0. The van der Waals surface area contributed by atoms with Gasteiger partial charge in [0.2, 0.25) is 0 Å². The molecule has 0 saturated carbocycles. The summed E-state index contributed by atoms with van der Waals surface area (Å²) < 4.78 is 5.66. The molecule has 0 aromatic heterocycles. The molecule has 1 unspecified atom stereocenters. The van der Waals surface area contributed by atoms with Gasteiger partial charge in [0, 0.05) is 14.5 Å². The molecule has 0 fully saturated rings. The quantitative estimate of drug-likeness (QED) is 0.467. The van der Waals surface area contributed by atoms with E-state index in [1.54, 1.807) is 0 Å². The summed E-state index contributed by atoms with van der Waals surface area (Å²) in [7, 11) is -0.637. The highest BCUT2D eigenvalue weighted by Gasteiger charge is 2.10. The van der Waals surface area contributed by atoms with Crippen molar-refractivity contribution >= 4 is 14.5 Å². The van der Waals surface area contributed by atoms with E-state index in [2.05, 4.69) is 25.7 Å². The second-order valence-corrected chi connectivity index (χ2v) is 7.69. The fourth-order valence-corrected chi connectivity index (χ4v) is 2.95. The van der Waals surface area contributed by atoms with Crippen LogP contribution in [0.25, 0.3) is 0 Å². The SMILES string of the molecule is C=CC(CCOc1ccc(N)cc1)[SiH](C)C. The molecule has 1 aromatic rings. The lowest BCUT2D eigenvalue weighted by Gasteiger charge is -2.15. The van der Waals surface area contributed by atoms with E-state index in [0.717, 1.165) is 24.5 Å². The first-order valence-electron chi connectivity index (χ1n) is 5.74. The molecule has 0 bridgehead atoms. The van der Waals surface area contributed by atoms with Gasteiger partial charge in [-0.25, -0.2) is 0 Å². The topological polar surface area (TPSA) is 35.2 Å². The van der Waals surface area contributed by atoms with E-state index in [9.17, 15) is 0 Å². The average molecular weight is 235 g/mol. The maximum absolute atomic E-state index is 5.66. The summed E-state index contributed by atoms with van der Waals surface area (Å²) in [5.41, 5.74) is 7.03. The molecule has 1 rings (SSSR count). The van der Waals surface area contributed by atoms with E-state index >= 15 is 0 Å². The molecular weight excluding hydrogens is 214 g/mol. The monoisotopic (exact) mass is 235 g/mol. The Kier molecular flexibility index (Phi) is 5.12. The van der Waals surface area contributed by atoms with Gasteiger partial charge in [-0.3, -0.25) is 0 Å². The van der Waals surface area contributed by atoms with Crippen molar-refractivity contribution < 1.29 is 4.74 Å². The van der Waals surface area contributed by atoms with Gasteiger partial charge in [0.05, 0.1) is 6.61 Å². The molecule has 0 heterocycles. The summed E-state index contributed by atoms with van der Waals surface area (Å²) >= 11 is 0. The molecule has 0 saturated heterocycles. The van der Waals surface area contributed by atoms with Gasteiger partial charge in [-0.05, 0) is 36.2 Å². The first kappa shape index (κ1) is 12.8. The summed E-state index contributed by atoms with van der Waals surface area (Å²) in [6.07, 6.45) is 3.14. The number of nitrogen functional groups attached to an aromatic ring is 1. The predicted molar refractivity (Wildman–Crippen MR) is 73.8 cm³/mol. The smallest absolute Gasteiger partial charge is 0.119 e. The maximum Gasteiger partial charge on any atom is 0.119 e. The van der Waals surface area contributed by atoms with Crippen molar-refractivity contribution in [3.05, 3.63) is 36.9 Å². The predicted octanol–water partition coefficient (Wildman–Crippen LogP) is 3.08. The summed E-state index contributed by atoms with van der Waals surface area (Å²) in [6.45, 7) is 9.32. The van der Waals surface area contributed by atoms with Gasteiger partial charge in [-0.1, -0.05) is 19.2 Å². The van der Waals surface area contributed by atoms with Crippen LogP contribution in [0.3, 0.4) is 0 Å². The average Bonchev–Trinajstić information content (AvgIpc) is 2.26. The minimum atomic E-state index is -0.637. The molecule has 1 aromatic carbocycles. The molecule has 88 valence electrons. The van der Waals surface area contributed by atoms with E-state index in [1.807, 2.05) is 24.3 Å². The normalized spacial score (nSPS) is 12.4. The van der Waals surface area contributed by atoms with E-state index in [1.165, 1.54) is 0 Å². The molecule has 0 spiro atoms. The molecule has 2 nitrogen and oxygen atoms in total. The van der Waals surface area contributed by atoms with Gasteiger partial charge in [0.25, 0.3) is 0 Å². The van der Waals surface area contributed by atoms with Crippen LogP contribution in [0.2, 0.25) is 18.6 Å². The number of benzene rings is 1. The number of rotatable bonds is 6. The minimum Gasteiger partial charge on any atom is -0.494 e. The highest BCUT2D eigenvalue weighted by molar-refractivity contribution is 6.58. The third-order valence-corrected chi connectivity index (χ3v) is 5.08. The zero-order valence-corrected chi connectivity index (χ0v) is 11.3. The molecule has 0 aliphatic heterocycles. The molecule has 0 aliphatic carbocycles. The maximum atomic E-state index is 5.66. The lowest BCUT2D eigenvalue weighted by molar-refractivity contribution is 0.311. The fourth-order valence-electron chi connectivity index (χ4n) is 1.60. The van der Waals surface area contributed by atoms with Gasteiger partial charge in [0.15, 0.2) is 0 Å². The third-order valence-electron chi connectivity index (χ3n) is 2.76. The molecule has 2 N–H and O–H groups in total. The van der Waals surface area contributed by atoms with Crippen LogP contribution in [0.5, 0.6) is 5.75 Å². The summed E-state index contributed by atoms with van der Waals surface area (Å²) in [5, 5.41) is 0. The Morgan fingerprint density at radius 1 is 1.38 bits per heavy atom. The van der Waals surface area contributed by atoms with Crippen LogP contribution in [-0.2, 0) is 0 Å². The number of anilines is 1. The Labute approximate surface area is 99.7 Å². The van der Waals surface area contributed by atoms with Crippen molar-refractivity contribution in [2.24, 2.45) is 0 Å². The molecule has 0 amide bonds. The van der Waals surface area contributed by atoms with Crippen LogP contribution >= 0.6 is 0 Å². The molecule has 1 atom stereocenters. The van der Waals surface area contributed by atoms with E-state index in [4.69, 9.17) is 10.5 Å². The molecular formula is C13H21NOSi. The first-order valence-corrected chi connectivity index (χ1v) is 8.72. The number of nitrogens with two attached hydrogens (primary N) is 1. The van der Waals surface area contributed by atoms with Crippen LogP contribution < -0.4 is 10.5 Å². The van der Waals surface area contributed by atoms with Crippen molar-refractivity contribution in [3.8, 4) is 5.75 Å². The van der Waals surface area contributed by atoms with Gasteiger partial charge in [0.1, 0.15) is 5.75 Å². The van der Waals surface area contributed by atoms with Gasteiger partial charge in [-0.2, -0.15) is 0 Å². The van der Waals surface area contributed by atoms with E-state index < -0.39 is 8.80 Å². The Hall–Kier alpha value is -1.22. The zero-order valence-electron chi connectivity index (χ0n) is 10.1. The second-order valence-electron chi connectivity index (χ2n) is 4.35. The molecule has 0 radical (unpaired) electrons. The highest BCUT2D eigenvalue weighted by Crippen LogP contribution is 2.18. The van der Waals surface area contributed by atoms with Gasteiger partial charge < -0.3 is 10.5 Å². The lowest BCUT2D eigenvalue weighted by atomic mass is 10.3. The number of ether oxygens (including phenoxy) is 1. The largest absolute Gasteiger partial charge is 0.494 e. The van der Waals surface area contributed by atoms with Crippen molar-refractivity contribution in [1.29, 1.82) is 0 Å². The first-order chi connectivity index (χ1) is 7.63.